The molecule has 0 fully saturated rings. The Kier molecular flexibility index (Phi) is 3.93. The number of hydrogen-bond acceptors (Lipinski definition) is 4. The average molecular weight is 300 g/mol. The van der Waals surface area contributed by atoms with Crippen molar-refractivity contribution in [2.75, 3.05) is 0 Å². The molecule has 104 valence electrons. The van der Waals surface area contributed by atoms with Crippen LogP contribution in [0, 0.1) is 0 Å². The molecule has 0 aliphatic carbocycles. The molecule has 0 atom stereocenters. The van der Waals surface area contributed by atoms with Gasteiger partial charge in [-0.3, -0.25) is 0 Å². The number of carboxylic acid groups (broad SMARTS) is 1. The minimum atomic E-state index is -4.55. The maximum atomic E-state index is 12.5. The molecule has 4 nitrogen and oxygen atoms in total. The lowest BCUT2D eigenvalue weighted by Crippen LogP contribution is -2.08. The van der Waals surface area contributed by atoms with Gasteiger partial charge in [-0.15, -0.1) is 0 Å². The van der Waals surface area contributed by atoms with Crippen LogP contribution in [-0.2, 0) is 6.18 Å². The van der Waals surface area contributed by atoms with E-state index >= 15 is 0 Å². The molecule has 0 saturated heterocycles. The Labute approximate surface area is 115 Å². The molecule has 0 unspecified atom stereocenters. The lowest BCUT2D eigenvalue weighted by atomic mass is 10.3. The Balaban J connectivity index is 2.34. The third kappa shape index (κ3) is 3.27. The second kappa shape index (κ2) is 5.49. The highest BCUT2D eigenvalue weighted by molar-refractivity contribution is 7.99. The fourth-order valence-electron chi connectivity index (χ4n) is 1.36. The van der Waals surface area contributed by atoms with E-state index in [4.69, 9.17) is 5.11 Å². The van der Waals surface area contributed by atoms with Gasteiger partial charge in [0.25, 0.3) is 0 Å². The number of carboxylic acids is 1. The zero-order valence-corrected chi connectivity index (χ0v) is 10.6. The minimum Gasteiger partial charge on any atom is -0.478 e. The summed E-state index contributed by atoms with van der Waals surface area (Å²) < 4.78 is 37.6. The largest absolute Gasteiger partial charge is 0.478 e. The van der Waals surface area contributed by atoms with Crippen LogP contribution in [0.4, 0.5) is 13.2 Å². The second-order valence-corrected chi connectivity index (χ2v) is 4.63. The van der Waals surface area contributed by atoms with Gasteiger partial charge < -0.3 is 5.11 Å². The maximum Gasteiger partial charge on any atom is 0.433 e. The molecule has 1 N–H and O–H groups in total. The van der Waals surface area contributed by atoms with Crippen LogP contribution in [0.3, 0.4) is 0 Å². The highest BCUT2D eigenvalue weighted by atomic mass is 32.2. The van der Waals surface area contributed by atoms with Gasteiger partial charge in [-0.25, -0.2) is 14.8 Å². The molecule has 0 saturated carbocycles. The quantitative estimate of drug-likeness (QED) is 0.942. The lowest BCUT2D eigenvalue weighted by Gasteiger charge is -2.08. The van der Waals surface area contributed by atoms with E-state index in [0.29, 0.717) is 0 Å². The van der Waals surface area contributed by atoms with Gasteiger partial charge in [-0.1, -0.05) is 6.07 Å². The van der Waals surface area contributed by atoms with Gasteiger partial charge in [-0.2, -0.15) is 13.2 Å². The van der Waals surface area contributed by atoms with Crippen LogP contribution < -0.4 is 0 Å². The van der Waals surface area contributed by atoms with E-state index < -0.39 is 17.8 Å². The Bertz CT molecular complexity index is 647. The first-order chi connectivity index (χ1) is 9.38. The molecular formula is C12H7F3N2O2S. The monoisotopic (exact) mass is 300 g/mol. The number of alkyl halides is 3. The van der Waals surface area contributed by atoms with Crippen molar-refractivity contribution in [2.45, 2.75) is 16.2 Å². The number of carbonyl (C=O) groups is 1. The number of halogens is 3. The van der Waals surface area contributed by atoms with E-state index in [9.17, 15) is 18.0 Å². The number of aromatic nitrogens is 2. The molecule has 0 aromatic carbocycles. The van der Waals surface area contributed by atoms with E-state index in [1.165, 1.54) is 30.5 Å². The number of pyridine rings is 2. The van der Waals surface area contributed by atoms with Gasteiger partial charge in [-0.05, 0) is 36.0 Å². The first-order valence-electron chi connectivity index (χ1n) is 5.28. The molecule has 0 aliphatic heterocycles. The van der Waals surface area contributed by atoms with Crippen LogP contribution >= 0.6 is 11.8 Å². The molecule has 2 heterocycles. The predicted molar refractivity (Wildman–Crippen MR) is 64.6 cm³/mol. The third-order valence-corrected chi connectivity index (χ3v) is 3.17. The van der Waals surface area contributed by atoms with Gasteiger partial charge >= 0.3 is 12.1 Å². The summed E-state index contributed by atoms with van der Waals surface area (Å²) in [5.74, 6) is -1.20. The van der Waals surface area contributed by atoms with Crippen molar-refractivity contribution < 1.29 is 23.1 Å². The van der Waals surface area contributed by atoms with E-state index in [2.05, 4.69) is 9.97 Å². The molecule has 0 bridgehead atoms. The maximum absolute atomic E-state index is 12.5. The van der Waals surface area contributed by atoms with Gasteiger partial charge in [0.1, 0.15) is 15.7 Å². The van der Waals surface area contributed by atoms with Crippen LogP contribution in [0.2, 0.25) is 0 Å². The highest BCUT2D eigenvalue weighted by Crippen LogP contribution is 2.32. The van der Waals surface area contributed by atoms with Crippen LogP contribution in [0.15, 0.2) is 46.6 Å². The first kappa shape index (κ1) is 14.3. The highest BCUT2D eigenvalue weighted by Gasteiger charge is 2.32. The molecule has 20 heavy (non-hydrogen) atoms. The van der Waals surface area contributed by atoms with Crippen LogP contribution in [0.25, 0.3) is 0 Å². The van der Waals surface area contributed by atoms with Crippen LogP contribution in [0.5, 0.6) is 0 Å². The van der Waals surface area contributed by atoms with Crippen molar-refractivity contribution in [1.82, 2.24) is 9.97 Å². The van der Waals surface area contributed by atoms with Gasteiger partial charge in [0, 0.05) is 6.20 Å². The van der Waals surface area contributed by atoms with Gasteiger partial charge in [0.2, 0.25) is 0 Å². The van der Waals surface area contributed by atoms with Gasteiger partial charge in [0.05, 0.1) is 5.56 Å². The number of hydrogen-bond donors (Lipinski definition) is 1. The summed E-state index contributed by atoms with van der Waals surface area (Å²) in [5.41, 5.74) is -1.12. The summed E-state index contributed by atoms with van der Waals surface area (Å²) in [7, 11) is 0. The average Bonchev–Trinajstić information content (AvgIpc) is 2.38. The van der Waals surface area contributed by atoms with Crippen LogP contribution in [0.1, 0.15) is 16.1 Å². The van der Waals surface area contributed by atoms with Crippen LogP contribution in [-0.4, -0.2) is 21.0 Å². The first-order valence-corrected chi connectivity index (χ1v) is 6.10. The molecule has 0 spiro atoms. The summed E-state index contributed by atoms with van der Waals surface area (Å²) in [6.45, 7) is 0. The molecule has 2 aromatic rings. The smallest absolute Gasteiger partial charge is 0.433 e. The van der Waals surface area contributed by atoms with Crippen molar-refractivity contribution in [3.8, 4) is 0 Å². The Morgan fingerprint density at radius 2 is 1.95 bits per heavy atom. The zero-order valence-electron chi connectivity index (χ0n) is 9.76. The second-order valence-electron chi connectivity index (χ2n) is 3.62. The summed E-state index contributed by atoms with van der Waals surface area (Å²) in [4.78, 5) is 18.3. The number of nitrogens with zero attached hydrogens (tertiary/aromatic N) is 2. The van der Waals surface area contributed by atoms with E-state index in [-0.39, 0.29) is 15.6 Å². The van der Waals surface area contributed by atoms with Crippen molar-refractivity contribution >= 4 is 17.7 Å². The van der Waals surface area contributed by atoms with Crippen molar-refractivity contribution in [2.24, 2.45) is 0 Å². The van der Waals surface area contributed by atoms with Crippen molar-refractivity contribution in [1.29, 1.82) is 0 Å². The van der Waals surface area contributed by atoms with Crippen molar-refractivity contribution in [3.05, 3.63) is 47.8 Å². The SMILES string of the molecule is O=C(O)c1cccnc1Sc1cccc(C(F)(F)F)n1. The lowest BCUT2D eigenvalue weighted by molar-refractivity contribution is -0.141. The zero-order chi connectivity index (χ0) is 14.8. The summed E-state index contributed by atoms with van der Waals surface area (Å²) >= 11 is 0.770. The third-order valence-electron chi connectivity index (χ3n) is 2.22. The predicted octanol–water partition coefficient (Wildman–Crippen LogP) is 3.34. The minimum absolute atomic E-state index is 0.0287. The van der Waals surface area contributed by atoms with E-state index in [0.717, 1.165) is 17.8 Å². The molecule has 0 radical (unpaired) electrons. The molecule has 0 aliphatic rings. The molecule has 0 amide bonds. The van der Waals surface area contributed by atoms with E-state index in [1.54, 1.807) is 0 Å². The van der Waals surface area contributed by atoms with E-state index in [1.807, 2.05) is 0 Å². The Morgan fingerprint density at radius 3 is 2.60 bits per heavy atom. The summed E-state index contributed by atoms with van der Waals surface area (Å²) in [6, 6.07) is 6.18. The number of aromatic carboxylic acids is 1. The Morgan fingerprint density at radius 1 is 1.20 bits per heavy atom. The summed E-state index contributed by atoms with van der Waals surface area (Å²) in [5, 5.41) is 9.09. The number of rotatable bonds is 3. The topological polar surface area (TPSA) is 63.1 Å². The Hall–Kier alpha value is -2.09. The normalized spacial score (nSPS) is 11.3. The molecular weight excluding hydrogens is 293 g/mol. The fourth-order valence-corrected chi connectivity index (χ4v) is 2.23. The van der Waals surface area contributed by atoms with Gasteiger partial charge in [0.15, 0.2) is 0 Å². The molecule has 2 aromatic heterocycles. The fraction of sp³-hybridized carbons (Fsp3) is 0.0833. The molecule has 2 rings (SSSR count). The van der Waals surface area contributed by atoms with Crippen molar-refractivity contribution in [3.63, 3.8) is 0 Å². The summed E-state index contributed by atoms with van der Waals surface area (Å²) in [6.07, 6.45) is -3.18. The molecule has 8 heteroatoms. The standard InChI is InChI=1S/C12H7F3N2O2S/c13-12(14,15)8-4-1-5-9(17-8)20-10-7(11(18)19)3-2-6-16-10/h1-6H,(H,18,19).